The lowest BCUT2D eigenvalue weighted by molar-refractivity contribution is -0.132. The van der Waals surface area contributed by atoms with Gasteiger partial charge in [-0.2, -0.15) is 0 Å². The zero-order valence-corrected chi connectivity index (χ0v) is 19.5. The van der Waals surface area contributed by atoms with Crippen molar-refractivity contribution in [2.45, 2.75) is 71.9 Å². The molecule has 0 bridgehead atoms. The number of hydrogen-bond acceptors (Lipinski definition) is 3. The lowest BCUT2D eigenvalue weighted by Crippen LogP contribution is -2.45. The first-order valence-corrected chi connectivity index (χ1v) is 11.9. The first-order valence-electron chi connectivity index (χ1n) is 11.9. The fraction of sp³-hybridized carbons (Fsp3) is 0.577. The number of nitrogens with zero attached hydrogens (tertiary/aromatic N) is 2. The predicted molar refractivity (Wildman–Crippen MR) is 125 cm³/mol. The molecule has 0 spiro atoms. The van der Waals surface area contributed by atoms with Gasteiger partial charge in [-0.3, -0.25) is 14.4 Å². The average molecular weight is 438 g/mol. The number of Topliss-reactive ketones (excluding diaryl/α,β-unsaturated/α-hetero) is 1. The fourth-order valence-corrected chi connectivity index (χ4v) is 5.78. The van der Waals surface area contributed by atoms with Crippen molar-refractivity contribution in [1.82, 2.24) is 14.8 Å². The second kappa shape index (κ2) is 9.08. The van der Waals surface area contributed by atoms with E-state index >= 15 is 0 Å². The van der Waals surface area contributed by atoms with E-state index in [4.69, 9.17) is 0 Å². The van der Waals surface area contributed by atoms with E-state index in [0.29, 0.717) is 11.5 Å². The van der Waals surface area contributed by atoms with Crippen LogP contribution in [0, 0.1) is 11.3 Å². The molecule has 1 aromatic carbocycles. The van der Waals surface area contributed by atoms with Gasteiger partial charge in [-0.05, 0) is 55.9 Å². The second-order valence-corrected chi connectivity index (χ2v) is 10.5. The maximum atomic E-state index is 13.2. The van der Waals surface area contributed by atoms with Gasteiger partial charge in [-0.1, -0.05) is 39.0 Å². The van der Waals surface area contributed by atoms with Gasteiger partial charge in [0.2, 0.25) is 5.91 Å². The largest absolute Gasteiger partial charge is 0.346 e. The van der Waals surface area contributed by atoms with Crippen molar-refractivity contribution in [2.75, 3.05) is 13.1 Å². The lowest BCUT2D eigenvalue weighted by Gasteiger charge is -2.39. The second-order valence-electron chi connectivity index (χ2n) is 10.5. The van der Waals surface area contributed by atoms with Crippen molar-refractivity contribution in [1.29, 1.82) is 0 Å². The van der Waals surface area contributed by atoms with Crippen LogP contribution in [-0.2, 0) is 16.1 Å². The molecule has 172 valence electrons. The number of likely N-dealkylation sites (tertiary alicyclic amines) is 1. The van der Waals surface area contributed by atoms with Crippen molar-refractivity contribution in [3.8, 4) is 0 Å². The molecule has 32 heavy (non-hydrogen) atoms. The molecule has 1 aromatic heterocycles. The molecule has 2 aliphatic rings. The Hall–Kier alpha value is -2.63. The summed E-state index contributed by atoms with van der Waals surface area (Å²) in [6, 6.07) is 7.52. The number of hydrogen-bond donors (Lipinski definition) is 1. The number of carbonyl (C=O) groups excluding carboxylic acids is 3. The van der Waals surface area contributed by atoms with Crippen LogP contribution in [-0.4, -0.2) is 46.2 Å². The molecule has 1 saturated heterocycles. The first-order chi connectivity index (χ1) is 15.2. The molecule has 2 amide bonds. The van der Waals surface area contributed by atoms with Gasteiger partial charge in [0.05, 0.1) is 5.56 Å². The van der Waals surface area contributed by atoms with Gasteiger partial charge < -0.3 is 14.8 Å². The molecule has 2 fully saturated rings. The number of fused-ring (bicyclic) bond motifs is 1. The average Bonchev–Trinajstić information content (AvgIpc) is 3.10. The number of ketones is 1. The van der Waals surface area contributed by atoms with Crippen LogP contribution in [0.1, 0.15) is 69.7 Å². The van der Waals surface area contributed by atoms with E-state index < -0.39 is 11.7 Å². The minimum Gasteiger partial charge on any atom is -0.346 e. The molecule has 6 nitrogen and oxygen atoms in total. The van der Waals surface area contributed by atoms with Crippen LogP contribution in [0.3, 0.4) is 0 Å². The zero-order valence-electron chi connectivity index (χ0n) is 19.5. The van der Waals surface area contributed by atoms with Gasteiger partial charge in [-0.15, -0.1) is 0 Å². The molecule has 6 heteroatoms. The molecule has 1 aliphatic carbocycles. The zero-order chi connectivity index (χ0) is 22.9. The van der Waals surface area contributed by atoms with Crippen molar-refractivity contribution < 1.29 is 14.4 Å². The molecule has 1 saturated carbocycles. The summed E-state index contributed by atoms with van der Waals surface area (Å²) in [6.45, 7) is 8.41. The highest BCUT2D eigenvalue weighted by Crippen LogP contribution is 2.38. The highest BCUT2D eigenvalue weighted by molar-refractivity contribution is 6.45. The van der Waals surface area contributed by atoms with Gasteiger partial charge in [0.1, 0.15) is 6.54 Å². The summed E-state index contributed by atoms with van der Waals surface area (Å²) in [5, 5.41) is 3.72. The van der Waals surface area contributed by atoms with Gasteiger partial charge in [0, 0.05) is 36.2 Å². The Morgan fingerprint density at radius 2 is 1.78 bits per heavy atom. The van der Waals surface area contributed by atoms with Crippen LogP contribution in [0.2, 0.25) is 0 Å². The van der Waals surface area contributed by atoms with Crippen LogP contribution >= 0.6 is 0 Å². The summed E-state index contributed by atoms with van der Waals surface area (Å²) in [5.41, 5.74) is 1.33. The Labute approximate surface area is 190 Å². The summed E-state index contributed by atoms with van der Waals surface area (Å²) < 4.78 is 1.82. The Kier molecular flexibility index (Phi) is 6.40. The highest BCUT2D eigenvalue weighted by atomic mass is 16.2. The van der Waals surface area contributed by atoms with Crippen LogP contribution in [0.15, 0.2) is 30.5 Å². The summed E-state index contributed by atoms with van der Waals surface area (Å²) in [6.07, 6.45) is 7.84. The molecule has 2 heterocycles. The van der Waals surface area contributed by atoms with Crippen LogP contribution < -0.4 is 5.32 Å². The third-order valence-electron chi connectivity index (χ3n) is 6.98. The number of carbonyl (C=O) groups is 3. The third kappa shape index (κ3) is 4.89. The number of amides is 2. The standard InChI is InChI=1S/C26H35N3O3/c1-18-13-19(15-26(2,3)14-18)27-25(32)24(31)21-16-29(22-10-6-5-9-20(21)22)17-23(30)28-11-7-4-8-12-28/h5-6,9-10,16,18-19H,4,7-8,11-15,17H2,1-3H3,(H,27,32)/t18-,19+/m1/s1. The number of para-hydroxylation sites is 1. The molecular weight excluding hydrogens is 402 g/mol. The van der Waals surface area contributed by atoms with Gasteiger partial charge in [0.25, 0.3) is 11.7 Å². The van der Waals surface area contributed by atoms with Crippen LogP contribution in [0.25, 0.3) is 10.9 Å². The number of piperidine rings is 1. The van der Waals surface area contributed by atoms with E-state index in [1.807, 2.05) is 33.7 Å². The van der Waals surface area contributed by atoms with Gasteiger partial charge in [0.15, 0.2) is 0 Å². The SMILES string of the molecule is C[C@@H]1C[C@H](NC(=O)C(=O)c2cn(CC(=O)N3CCCCC3)c3ccccc23)CC(C)(C)C1. The molecule has 4 rings (SSSR count). The summed E-state index contributed by atoms with van der Waals surface area (Å²) in [7, 11) is 0. The van der Waals surface area contributed by atoms with E-state index in [2.05, 4.69) is 26.1 Å². The van der Waals surface area contributed by atoms with Gasteiger partial charge in [-0.25, -0.2) is 0 Å². The maximum absolute atomic E-state index is 13.2. The van der Waals surface area contributed by atoms with Crippen molar-refractivity contribution in [3.63, 3.8) is 0 Å². The Balaban J connectivity index is 1.52. The van der Waals surface area contributed by atoms with E-state index in [-0.39, 0.29) is 23.9 Å². The highest BCUT2D eigenvalue weighted by Gasteiger charge is 2.34. The first kappa shape index (κ1) is 22.6. The minimum absolute atomic E-state index is 0.0132. The number of benzene rings is 1. The normalized spacial score (nSPS) is 23.2. The Morgan fingerprint density at radius 3 is 2.50 bits per heavy atom. The number of aromatic nitrogens is 1. The maximum Gasteiger partial charge on any atom is 0.292 e. The molecule has 1 N–H and O–H groups in total. The molecule has 0 unspecified atom stereocenters. The molecule has 1 aliphatic heterocycles. The Morgan fingerprint density at radius 1 is 1.06 bits per heavy atom. The molecule has 2 atom stereocenters. The monoisotopic (exact) mass is 437 g/mol. The quantitative estimate of drug-likeness (QED) is 0.564. The van der Waals surface area contributed by atoms with Crippen LogP contribution in [0.4, 0.5) is 0 Å². The van der Waals surface area contributed by atoms with E-state index in [1.54, 1.807) is 6.20 Å². The summed E-state index contributed by atoms with van der Waals surface area (Å²) in [4.78, 5) is 40.8. The third-order valence-corrected chi connectivity index (χ3v) is 6.98. The minimum atomic E-state index is -0.551. The number of rotatable bonds is 5. The lowest BCUT2D eigenvalue weighted by atomic mass is 9.70. The predicted octanol–water partition coefficient (Wildman–Crippen LogP) is 4.17. The van der Waals surface area contributed by atoms with E-state index in [9.17, 15) is 14.4 Å². The summed E-state index contributed by atoms with van der Waals surface area (Å²) >= 11 is 0. The Bertz CT molecular complexity index is 1020. The van der Waals surface area contributed by atoms with E-state index in [0.717, 1.165) is 56.1 Å². The summed E-state index contributed by atoms with van der Waals surface area (Å²) in [5.74, 6) is -0.499. The van der Waals surface area contributed by atoms with Crippen molar-refractivity contribution >= 4 is 28.5 Å². The van der Waals surface area contributed by atoms with Crippen molar-refractivity contribution in [2.24, 2.45) is 11.3 Å². The van der Waals surface area contributed by atoms with E-state index in [1.165, 1.54) is 6.42 Å². The smallest absolute Gasteiger partial charge is 0.292 e. The molecule has 2 aromatic rings. The van der Waals surface area contributed by atoms with Crippen molar-refractivity contribution in [3.05, 3.63) is 36.0 Å². The molecule has 0 radical (unpaired) electrons. The molecular formula is C26H35N3O3. The topological polar surface area (TPSA) is 71.4 Å². The fourth-order valence-electron chi connectivity index (χ4n) is 5.78. The number of nitrogens with one attached hydrogen (secondary N) is 1. The van der Waals surface area contributed by atoms with Gasteiger partial charge >= 0.3 is 0 Å². The van der Waals surface area contributed by atoms with Crippen LogP contribution in [0.5, 0.6) is 0 Å².